The van der Waals surface area contributed by atoms with Gasteiger partial charge in [0.15, 0.2) is 5.82 Å². The van der Waals surface area contributed by atoms with Crippen molar-refractivity contribution in [2.45, 2.75) is 31.2 Å². The van der Waals surface area contributed by atoms with Crippen LogP contribution in [0.15, 0.2) is 28.8 Å². The second kappa shape index (κ2) is 4.59. The predicted octanol–water partition coefficient (Wildman–Crippen LogP) is 2.06. The number of fused-ring (bicyclic) bond motifs is 1. The molecule has 2 aromatic rings. The average molecular weight is 271 g/mol. The third-order valence-electron chi connectivity index (χ3n) is 4.31. The molecule has 0 amide bonds. The van der Waals surface area contributed by atoms with Gasteiger partial charge in [0.05, 0.1) is 11.8 Å². The van der Waals surface area contributed by atoms with Gasteiger partial charge in [-0.3, -0.25) is 0 Å². The van der Waals surface area contributed by atoms with Gasteiger partial charge in [-0.25, -0.2) is 0 Å². The smallest absolute Gasteiger partial charge is 0.231 e. The Balaban J connectivity index is 1.63. The Hall–Kier alpha value is -1.88. The molecule has 0 spiro atoms. The molecule has 20 heavy (non-hydrogen) atoms. The van der Waals surface area contributed by atoms with E-state index in [0.717, 1.165) is 36.0 Å². The van der Waals surface area contributed by atoms with E-state index in [4.69, 9.17) is 9.26 Å². The fraction of sp³-hybridized carbons (Fsp3) is 0.467. The van der Waals surface area contributed by atoms with Crippen LogP contribution in [-0.2, 0) is 0 Å². The van der Waals surface area contributed by atoms with Crippen molar-refractivity contribution >= 4 is 0 Å². The maximum atomic E-state index is 5.69. The molecular weight excluding hydrogens is 254 g/mol. The Morgan fingerprint density at radius 3 is 3.05 bits per heavy atom. The van der Waals surface area contributed by atoms with Gasteiger partial charge < -0.3 is 14.6 Å². The number of hydrogen-bond donors (Lipinski definition) is 1. The maximum absolute atomic E-state index is 5.69. The summed E-state index contributed by atoms with van der Waals surface area (Å²) >= 11 is 0. The molecule has 5 heteroatoms. The number of para-hydroxylation sites is 1. The molecule has 0 bridgehead atoms. The van der Waals surface area contributed by atoms with Gasteiger partial charge in [-0.1, -0.05) is 23.4 Å². The lowest BCUT2D eigenvalue weighted by atomic mass is 10.00. The molecule has 1 aromatic carbocycles. The Labute approximate surface area is 117 Å². The van der Waals surface area contributed by atoms with Crippen molar-refractivity contribution in [3.63, 3.8) is 0 Å². The normalized spacial score (nSPS) is 28.4. The van der Waals surface area contributed by atoms with Crippen LogP contribution >= 0.6 is 0 Å². The highest BCUT2D eigenvalue weighted by atomic mass is 16.5. The first-order valence-electron chi connectivity index (χ1n) is 7.11. The minimum atomic E-state index is 0.0911. The predicted molar refractivity (Wildman–Crippen MR) is 72.9 cm³/mol. The minimum Gasteiger partial charge on any atom is -0.492 e. The second-order valence-electron chi connectivity index (χ2n) is 5.53. The number of benzene rings is 1. The highest BCUT2D eigenvalue weighted by Crippen LogP contribution is 2.37. The zero-order valence-corrected chi connectivity index (χ0v) is 11.4. The van der Waals surface area contributed by atoms with Gasteiger partial charge in [0.2, 0.25) is 5.89 Å². The quantitative estimate of drug-likeness (QED) is 0.906. The van der Waals surface area contributed by atoms with Crippen LogP contribution in [-0.4, -0.2) is 29.3 Å². The summed E-state index contributed by atoms with van der Waals surface area (Å²) in [6.45, 7) is 3.77. The van der Waals surface area contributed by atoms with E-state index in [9.17, 15) is 0 Å². The lowest BCUT2D eigenvalue weighted by molar-refractivity contribution is 0.325. The molecule has 0 aliphatic carbocycles. The van der Waals surface area contributed by atoms with Crippen LogP contribution in [0, 0.1) is 0 Å². The monoisotopic (exact) mass is 271 g/mol. The molecule has 3 unspecified atom stereocenters. The van der Waals surface area contributed by atoms with E-state index in [1.807, 2.05) is 18.2 Å². The molecule has 0 saturated carbocycles. The molecular formula is C15H17N3O2. The van der Waals surface area contributed by atoms with Crippen LogP contribution in [0.3, 0.4) is 0 Å². The molecule has 2 aliphatic heterocycles. The number of aromatic nitrogens is 2. The number of nitrogens with zero attached hydrogens (tertiary/aromatic N) is 2. The summed E-state index contributed by atoms with van der Waals surface area (Å²) in [6.07, 6.45) is 1.06. The number of rotatable bonds is 2. The molecule has 4 rings (SSSR count). The van der Waals surface area contributed by atoms with Gasteiger partial charge in [0.25, 0.3) is 0 Å². The Bertz CT molecular complexity index is 625. The van der Waals surface area contributed by atoms with Crippen molar-refractivity contribution in [1.82, 2.24) is 15.5 Å². The standard InChI is InChI=1S/C15H17N3O2/c1-9-10(6-7-16-9)15-17-14(18-20-15)12-8-19-13-5-3-2-4-11(12)13/h2-5,9-10,12,16H,6-8H2,1H3. The van der Waals surface area contributed by atoms with Crippen molar-refractivity contribution in [2.24, 2.45) is 0 Å². The first-order chi connectivity index (χ1) is 9.83. The molecule has 1 N–H and O–H groups in total. The van der Waals surface area contributed by atoms with Gasteiger partial charge in [-0.2, -0.15) is 4.98 Å². The Kier molecular flexibility index (Phi) is 2.73. The Morgan fingerprint density at radius 1 is 1.30 bits per heavy atom. The zero-order chi connectivity index (χ0) is 13.5. The largest absolute Gasteiger partial charge is 0.492 e. The summed E-state index contributed by atoms with van der Waals surface area (Å²) in [5, 5.41) is 7.59. The van der Waals surface area contributed by atoms with Crippen LogP contribution < -0.4 is 10.1 Å². The Morgan fingerprint density at radius 2 is 2.20 bits per heavy atom. The average Bonchev–Trinajstić information content (AvgIpc) is 3.15. The van der Waals surface area contributed by atoms with E-state index in [1.165, 1.54) is 0 Å². The van der Waals surface area contributed by atoms with E-state index in [0.29, 0.717) is 18.6 Å². The van der Waals surface area contributed by atoms with E-state index in [2.05, 4.69) is 28.4 Å². The molecule has 1 fully saturated rings. The van der Waals surface area contributed by atoms with Crippen molar-refractivity contribution in [1.29, 1.82) is 0 Å². The highest BCUT2D eigenvalue weighted by Gasteiger charge is 2.33. The van der Waals surface area contributed by atoms with Crippen LogP contribution in [0.1, 0.15) is 42.5 Å². The van der Waals surface area contributed by atoms with Gasteiger partial charge in [0, 0.05) is 11.6 Å². The highest BCUT2D eigenvalue weighted by molar-refractivity contribution is 5.42. The molecule has 104 valence electrons. The minimum absolute atomic E-state index is 0.0911. The van der Waals surface area contributed by atoms with E-state index in [-0.39, 0.29) is 5.92 Å². The molecule has 1 saturated heterocycles. The fourth-order valence-electron chi connectivity index (χ4n) is 3.11. The number of hydrogen-bond acceptors (Lipinski definition) is 5. The maximum Gasteiger partial charge on any atom is 0.231 e. The molecule has 0 radical (unpaired) electrons. The van der Waals surface area contributed by atoms with Gasteiger partial charge in [-0.05, 0) is 26.0 Å². The summed E-state index contributed by atoms with van der Waals surface area (Å²) in [7, 11) is 0. The molecule has 5 nitrogen and oxygen atoms in total. The lowest BCUT2D eigenvalue weighted by Gasteiger charge is -2.09. The molecule has 3 heterocycles. The van der Waals surface area contributed by atoms with Crippen LogP contribution in [0.5, 0.6) is 5.75 Å². The fourth-order valence-corrected chi connectivity index (χ4v) is 3.11. The first kappa shape index (κ1) is 11.9. The van der Waals surface area contributed by atoms with Gasteiger partial charge >= 0.3 is 0 Å². The van der Waals surface area contributed by atoms with Gasteiger partial charge in [0.1, 0.15) is 12.4 Å². The van der Waals surface area contributed by atoms with E-state index in [1.54, 1.807) is 0 Å². The summed E-state index contributed by atoms with van der Waals surface area (Å²) < 4.78 is 11.2. The molecule has 3 atom stereocenters. The van der Waals surface area contributed by atoms with Crippen molar-refractivity contribution in [3.05, 3.63) is 41.5 Å². The topological polar surface area (TPSA) is 60.2 Å². The SMILES string of the molecule is CC1NCCC1c1nc(C2COc3ccccc32)no1. The van der Waals surface area contributed by atoms with Crippen molar-refractivity contribution in [3.8, 4) is 5.75 Å². The number of ether oxygens (including phenoxy) is 1. The van der Waals surface area contributed by atoms with Crippen molar-refractivity contribution in [2.75, 3.05) is 13.2 Å². The van der Waals surface area contributed by atoms with Gasteiger partial charge in [-0.15, -0.1) is 0 Å². The molecule has 2 aliphatic rings. The number of nitrogens with one attached hydrogen (secondary N) is 1. The summed E-state index contributed by atoms with van der Waals surface area (Å²) in [5.74, 6) is 2.84. The summed E-state index contributed by atoms with van der Waals surface area (Å²) in [5.41, 5.74) is 1.15. The van der Waals surface area contributed by atoms with Crippen LogP contribution in [0.2, 0.25) is 0 Å². The zero-order valence-electron chi connectivity index (χ0n) is 11.4. The van der Waals surface area contributed by atoms with Crippen LogP contribution in [0.25, 0.3) is 0 Å². The van der Waals surface area contributed by atoms with E-state index < -0.39 is 0 Å². The second-order valence-corrected chi connectivity index (χ2v) is 5.53. The third-order valence-corrected chi connectivity index (χ3v) is 4.31. The summed E-state index contributed by atoms with van der Waals surface area (Å²) in [6, 6.07) is 8.46. The lowest BCUT2D eigenvalue weighted by Crippen LogP contribution is -2.21. The van der Waals surface area contributed by atoms with Crippen molar-refractivity contribution < 1.29 is 9.26 Å². The van der Waals surface area contributed by atoms with E-state index >= 15 is 0 Å². The molecule has 1 aromatic heterocycles. The third kappa shape index (κ3) is 1.81. The summed E-state index contributed by atoms with van der Waals surface area (Å²) in [4.78, 5) is 4.63. The first-order valence-corrected chi connectivity index (χ1v) is 7.11. The van der Waals surface area contributed by atoms with Crippen LogP contribution in [0.4, 0.5) is 0 Å².